The minimum atomic E-state index is -0.602. The highest BCUT2D eigenvalue weighted by Gasteiger charge is 2.16. The van der Waals surface area contributed by atoms with Crippen LogP contribution in [0, 0.1) is 17.1 Å². The number of nitrogens with zero attached hydrogens (tertiary/aromatic N) is 1. The highest BCUT2D eigenvalue weighted by atomic mass is 79.9. The van der Waals surface area contributed by atoms with Gasteiger partial charge in [-0.1, -0.05) is 15.9 Å². The Morgan fingerprint density at radius 2 is 2.33 bits per heavy atom. The van der Waals surface area contributed by atoms with E-state index in [0.29, 0.717) is 0 Å². The second-order valence-electron chi connectivity index (χ2n) is 2.70. The molecule has 5 heteroatoms. The molecule has 0 aliphatic heterocycles. The van der Waals surface area contributed by atoms with Crippen LogP contribution in [-0.2, 0) is 0 Å². The van der Waals surface area contributed by atoms with E-state index in [0.717, 1.165) is 12.1 Å². The van der Waals surface area contributed by atoms with E-state index in [4.69, 9.17) is 10.00 Å². The standard InChI is InChI=1S/C10H7BrFNO2/c1-15-10-3-6(12)2-7(8(10)5-13)9(14)4-11/h2-3H,4H2,1H3. The number of carbonyl (C=O) groups is 1. The molecule has 0 aromatic heterocycles. The Morgan fingerprint density at radius 3 is 2.80 bits per heavy atom. The zero-order valence-electron chi connectivity index (χ0n) is 7.88. The SMILES string of the molecule is COc1cc(F)cc(C(=O)CBr)c1C#N. The van der Waals surface area contributed by atoms with E-state index >= 15 is 0 Å². The predicted octanol–water partition coefficient (Wildman–Crippen LogP) is 2.28. The molecule has 0 bridgehead atoms. The maximum atomic E-state index is 13.1. The van der Waals surface area contributed by atoms with Crippen molar-refractivity contribution in [3.8, 4) is 11.8 Å². The third-order valence-electron chi connectivity index (χ3n) is 1.82. The van der Waals surface area contributed by atoms with E-state index < -0.39 is 5.82 Å². The molecule has 0 aliphatic carbocycles. The number of benzene rings is 1. The number of methoxy groups -OCH3 is 1. The van der Waals surface area contributed by atoms with Crippen molar-refractivity contribution in [2.45, 2.75) is 0 Å². The van der Waals surface area contributed by atoms with Crippen LogP contribution in [0.4, 0.5) is 4.39 Å². The van der Waals surface area contributed by atoms with Crippen LogP contribution in [-0.4, -0.2) is 18.2 Å². The average molecular weight is 272 g/mol. The molecule has 0 fully saturated rings. The number of hydrogen-bond donors (Lipinski definition) is 0. The Bertz CT molecular complexity index is 440. The van der Waals surface area contributed by atoms with Crippen LogP contribution < -0.4 is 4.74 Å². The molecule has 15 heavy (non-hydrogen) atoms. The third kappa shape index (κ3) is 2.34. The van der Waals surface area contributed by atoms with E-state index in [1.807, 2.05) is 6.07 Å². The topological polar surface area (TPSA) is 50.1 Å². The van der Waals surface area contributed by atoms with Gasteiger partial charge in [0.2, 0.25) is 0 Å². The average Bonchev–Trinajstić information content (AvgIpc) is 2.26. The highest BCUT2D eigenvalue weighted by molar-refractivity contribution is 9.09. The molecule has 0 aliphatic rings. The lowest BCUT2D eigenvalue weighted by Gasteiger charge is -2.06. The molecule has 1 aromatic carbocycles. The first kappa shape index (κ1) is 11.7. The van der Waals surface area contributed by atoms with E-state index in [9.17, 15) is 9.18 Å². The van der Waals surface area contributed by atoms with Crippen molar-refractivity contribution in [1.82, 2.24) is 0 Å². The Balaban J connectivity index is 3.43. The highest BCUT2D eigenvalue weighted by Crippen LogP contribution is 2.24. The van der Waals surface area contributed by atoms with E-state index in [1.54, 1.807) is 0 Å². The number of hydrogen-bond acceptors (Lipinski definition) is 3. The largest absolute Gasteiger partial charge is 0.495 e. The molecule has 0 heterocycles. The van der Waals surface area contributed by atoms with Gasteiger partial charge in [0.05, 0.1) is 12.4 Å². The number of halogens is 2. The fourth-order valence-corrected chi connectivity index (χ4v) is 1.45. The quantitative estimate of drug-likeness (QED) is 0.626. The molecule has 1 aromatic rings. The second kappa shape index (κ2) is 4.89. The van der Waals surface area contributed by atoms with Crippen molar-refractivity contribution >= 4 is 21.7 Å². The van der Waals surface area contributed by atoms with Crippen LogP contribution in [0.5, 0.6) is 5.75 Å². The Hall–Kier alpha value is -1.41. The summed E-state index contributed by atoms with van der Waals surface area (Å²) in [4.78, 5) is 11.4. The number of Topliss-reactive ketones (excluding diaryl/α,β-unsaturated/α-hetero) is 1. The van der Waals surface area contributed by atoms with Crippen LogP contribution in [0.15, 0.2) is 12.1 Å². The molecular weight excluding hydrogens is 265 g/mol. The Morgan fingerprint density at radius 1 is 1.67 bits per heavy atom. The molecule has 0 atom stereocenters. The van der Waals surface area contributed by atoms with Crippen molar-refractivity contribution in [2.24, 2.45) is 0 Å². The Kier molecular flexibility index (Phi) is 3.81. The van der Waals surface area contributed by atoms with Gasteiger partial charge in [-0.15, -0.1) is 0 Å². The summed E-state index contributed by atoms with van der Waals surface area (Å²) in [6, 6.07) is 3.93. The molecule has 0 spiro atoms. The molecule has 0 N–H and O–H groups in total. The van der Waals surface area contributed by atoms with Crippen molar-refractivity contribution in [3.05, 3.63) is 29.1 Å². The monoisotopic (exact) mass is 271 g/mol. The van der Waals surface area contributed by atoms with Gasteiger partial charge in [0, 0.05) is 11.6 Å². The van der Waals surface area contributed by atoms with Crippen molar-refractivity contribution < 1.29 is 13.9 Å². The number of alkyl halides is 1. The first-order valence-electron chi connectivity index (χ1n) is 4.00. The van der Waals surface area contributed by atoms with Crippen LogP contribution in [0.1, 0.15) is 15.9 Å². The van der Waals surface area contributed by atoms with Gasteiger partial charge in [0.15, 0.2) is 5.78 Å². The minimum absolute atomic E-state index is 0.0335. The van der Waals surface area contributed by atoms with Gasteiger partial charge in [-0.05, 0) is 6.07 Å². The van der Waals surface area contributed by atoms with Gasteiger partial charge < -0.3 is 4.74 Å². The molecule has 0 saturated heterocycles. The number of rotatable bonds is 3. The molecule has 0 amide bonds. The zero-order valence-corrected chi connectivity index (χ0v) is 9.47. The number of ether oxygens (including phenoxy) is 1. The molecule has 1 rings (SSSR count). The summed E-state index contributed by atoms with van der Waals surface area (Å²) in [6.45, 7) is 0. The summed E-state index contributed by atoms with van der Waals surface area (Å²) in [7, 11) is 1.32. The molecule has 0 saturated carbocycles. The number of carbonyl (C=O) groups excluding carboxylic acids is 1. The van der Waals surface area contributed by atoms with Crippen molar-refractivity contribution in [3.63, 3.8) is 0 Å². The van der Waals surface area contributed by atoms with Crippen molar-refractivity contribution in [2.75, 3.05) is 12.4 Å². The lowest BCUT2D eigenvalue weighted by atomic mass is 10.0. The summed E-state index contributed by atoms with van der Waals surface area (Å²) in [5.74, 6) is -0.888. The first-order valence-corrected chi connectivity index (χ1v) is 5.13. The third-order valence-corrected chi connectivity index (χ3v) is 2.33. The molecule has 0 radical (unpaired) electrons. The summed E-state index contributed by atoms with van der Waals surface area (Å²) in [5.41, 5.74) is 0.0922. The van der Waals surface area contributed by atoms with Gasteiger partial charge in [0.25, 0.3) is 0 Å². The smallest absolute Gasteiger partial charge is 0.174 e. The second-order valence-corrected chi connectivity index (χ2v) is 3.26. The maximum absolute atomic E-state index is 13.1. The normalized spacial score (nSPS) is 9.47. The van der Waals surface area contributed by atoms with Crippen LogP contribution >= 0.6 is 15.9 Å². The summed E-state index contributed by atoms with van der Waals surface area (Å²) < 4.78 is 17.9. The first-order chi connectivity index (χ1) is 7.13. The maximum Gasteiger partial charge on any atom is 0.174 e. The van der Waals surface area contributed by atoms with Gasteiger partial charge >= 0.3 is 0 Å². The van der Waals surface area contributed by atoms with Gasteiger partial charge in [0.1, 0.15) is 23.2 Å². The fourth-order valence-electron chi connectivity index (χ4n) is 1.15. The van der Waals surface area contributed by atoms with Gasteiger partial charge in [-0.3, -0.25) is 4.79 Å². The van der Waals surface area contributed by atoms with Gasteiger partial charge in [-0.25, -0.2) is 4.39 Å². The fraction of sp³-hybridized carbons (Fsp3) is 0.200. The van der Waals surface area contributed by atoms with Crippen LogP contribution in [0.3, 0.4) is 0 Å². The number of ketones is 1. The molecule has 3 nitrogen and oxygen atoms in total. The van der Waals surface area contributed by atoms with E-state index in [-0.39, 0.29) is 28.0 Å². The summed E-state index contributed by atoms with van der Waals surface area (Å²) in [5, 5.41) is 8.88. The molecular formula is C10H7BrFNO2. The van der Waals surface area contributed by atoms with Crippen LogP contribution in [0.25, 0.3) is 0 Å². The van der Waals surface area contributed by atoms with Crippen molar-refractivity contribution in [1.29, 1.82) is 5.26 Å². The van der Waals surface area contributed by atoms with E-state index in [1.165, 1.54) is 7.11 Å². The van der Waals surface area contributed by atoms with Crippen LogP contribution in [0.2, 0.25) is 0 Å². The number of nitriles is 1. The lowest BCUT2D eigenvalue weighted by Crippen LogP contribution is -2.05. The lowest BCUT2D eigenvalue weighted by molar-refractivity contribution is 0.102. The molecule has 78 valence electrons. The summed E-state index contributed by atoms with van der Waals surface area (Å²) in [6.07, 6.45) is 0. The summed E-state index contributed by atoms with van der Waals surface area (Å²) >= 11 is 2.96. The predicted molar refractivity (Wildman–Crippen MR) is 55.8 cm³/mol. The Labute approximate surface area is 94.6 Å². The minimum Gasteiger partial charge on any atom is -0.495 e. The zero-order chi connectivity index (χ0) is 11.4. The van der Waals surface area contributed by atoms with E-state index in [2.05, 4.69) is 15.9 Å². The van der Waals surface area contributed by atoms with Gasteiger partial charge in [-0.2, -0.15) is 5.26 Å². The molecule has 0 unspecified atom stereocenters.